The monoisotopic (exact) mass is 523 g/mol. The summed E-state index contributed by atoms with van der Waals surface area (Å²) in [6, 6.07) is 33.9. The Hall–Kier alpha value is -4.36. The standard InChI is InChI=1S/C31H26FN3O2S/c32-26-16-14-22(15-17-26)20-29-34-31(38-35-29)37-27-13-7-12-25(21-27)30(36)33-19-18-28(23-8-3-1-4-9-23)24-10-5-2-6-11-24/h1-17,21,28H,18-20H2,(H,33,36). The van der Waals surface area contributed by atoms with Crippen LogP contribution in [0.1, 0.15) is 45.2 Å². The van der Waals surface area contributed by atoms with Crippen molar-refractivity contribution >= 4 is 17.4 Å². The van der Waals surface area contributed by atoms with E-state index in [4.69, 9.17) is 4.74 Å². The molecule has 0 atom stereocenters. The van der Waals surface area contributed by atoms with Crippen LogP contribution < -0.4 is 10.1 Å². The first kappa shape index (κ1) is 25.3. The fourth-order valence-electron chi connectivity index (χ4n) is 4.27. The minimum atomic E-state index is -0.278. The van der Waals surface area contributed by atoms with E-state index in [0.29, 0.717) is 35.3 Å². The maximum Gasteiger partial charge on any atom is 0.298 e. The van der Waals surface area contributed by atoms with Crippen LogP contribution in [0.5, 0.6) is 10.9 Å². The Kier molecular flexibility index (Phi) is 8.16. The Bertz CT molecular complexity index is 1430. The van der Waals surface area contributed by atoms with E-state index in [0.717, 1.165) is 23.5 Å². The molecule has 0 unspecified atom stereocenters. The second-order valence-electron chi connectivity index (χ2n) is 8.83. The van der Waals surface area contributed by atoms with Crippen LogP contribution in [0.25, 0.3) is 0 Å². The van der Waals surface area contributed by atoms with Crippen LogP contribution in [0.3, 0.4) is 0 Å². The van der Waals surface area contributed by atoms with Gasteiger partial charge in [0.25, 0.3) is 11.1 Å². The summed E-state index contributed by atoms with van der Waals surface area (Å²) >= 11 is 1.14. The van der Waals surface area contributed by atoms with Gasteiger partial charge in [-0.15, -0.1) is 0 Å². The third kappa shape index (κ3) is 6.69. The first-order valence-electron chi connectivity index (χ1n) is 12.4. The van der Waals surface area contributed by atoms with Crippen molar-refractivity contribution in [2.24, 2.45) is 0 Å². The van der Waals surface area contributed by atoms with Crippen molar-refractivity contribution in [1.29, 1.82) is 0 Å². The average Bonchev–Trinajstić information content (AvgIpc) is 3.39. The predicted molar refractivity (Wildman–Crippen MR) is 147 cm³/mol. The number of hydrogen-bond donors (Lipinski definition) is 1. The van der Waals surface area contributed by atoms with Gasteiger partial charge in [-0.25, -0.2) is 4.39 Å². The van der Waals surface area contributed by atoms with Crippen LogP contribution in [-0.4, -0.2) is 21.8 Å². The topological polar surface area (TPSA) is 64.1 Å². The minimum absolute atomic E-state index is 0.162. The van der Waals surface area contributed by atoms with Gasteiger partial charge in [0, 0.05) is 36.0 Å². The summed E-state index contributed by atoms with van der Waals surface area (Å²) < 4.78 is 23.3. The van der Waals surface area contributed by atoms with Gasteiger partial charge in [0.15, 0.2) is 5.82 Å². The zero-order valence-electron chi connectivity index (χ0n) is 20.6. The van der Waals surface area contributed by atoms with Crippen molar-refractivity contribution < 1.29 is 13.9 Å². The van der Waals surface area contributed by atoms with Crippen molar-refractivity contribution in [2.45, 2.75) is 18.8 Å². The molecule has 0 spiro atoms. The second kappa shape index (κ2) is 12.3. The van der Waals surface area contributed by atoms with Crippen LogP contribution in [0.15, 0.2) is 109 Å². The lowest BCUT2D eigenvalue weighted by Gasteiger charge is -2.18. The van der Waals surface area contributed by atoms with E-state index < -0.39 is 0 Å². The number of carbonyl (C=O) groups is 1. The molecule has 1 amide bonds. The summed E-state index contributed by atoms with van der Waals surface area (Å²) in [7, 11) is 0. The Morgan fingerprint density at radius 1 is 0.868 bits per heavy atom. The van der Waals surface area contributed by atoms with Gasteiger partial charge < -0.3 is 10.1 Å². The highest BCUT2D eigenvalue weighted by Crippen LogP contribution is 2.28. The van der Waals surface area contributed by atoms with E-state index in [1.807, 2.05) is 36.4 Å². The molecular weight excluding hydrogens is 497 g/mol. The Morgan fingerprint density at radius 2 is 1.55 bits per heavy atom. The predicted octanol–water partition coefficient (Wildman–Crippen LogP) is 7.01. The third-order valence-electron chi connectivity index (χ3n) is 6.15. The summed E-state index contributed by atoms with van der Waals surface area (Å²) in [4.78, 5) is 17.3. The molecule has 5 nitrogen and oxygen atoms in total. The zero-order valence-corrected chi connectivity index (χ0v) is 21.4. The van der Waals surface area contributed by atoms with Crippen molar-refractivity contribution in [3.63, 3.8) is 0 Å². The van der Waals surface area contributed by atoms with Crippen LogP contribution in [-0.2, 0) is 6.42 Å². The minimum Gasteiger partial charge on any atom is -0.430 e. The summed E-state index contributed by atoms with van der Waals surface area (Å²) in [5.41, 5.74) is 3.86. The Morgan fingerprint density at radius 3 is 2.24 bits per heavy atom. The van der Waals surface area contributed by atoms with Crippen molar-refractivity contribution in [2.75, 3.05) is 6.54 Å². The van der Waals surface area contributed by atoms with Gasteiger partial charge >= 0.3 is 0 Å². The van der Waals surface area contributed by atoms with Crippen LogP contribution >= 0.6 is 11.5 Å². The van der Waals surface area contributed by atoms with Gasteiger partial charge in [-0.3, -0.25) is 4.79 Å². The summed E-state index contributed by atoms with van der Waals surface area (Å²) in [5, 5.41) is 3.43. The Labute approximate surface area is 225 Å². The van der Waals surface area contributed by atoms with Gasteiger partial charge in [0.2, 0.25) is 0 Å². The number of ether oxygens (including phenoxy) is 1. The molecular formula is C31H26FN3O2S. The largest absolute Gasteiger partial charge is 0.430 e. The number of benzene rings is 4. The highest BCUT2D eigenvalue weighted by molar-refractivity contribution is 7.07. The van der Waals surface area contributed by atoms with Gasteiger partial charge in [0.05, 0.1) is 0 Å². The van der Waals surface area contributed by atoms with Gasteiger partial charge in [0.1, 0.15) is 11.6 Å². The molecule has 0 bridgehead atoms. The number of aromatic nitrogens is 2. The fourth-order valence-corrected chi connectivity index (χ4v) is 4.83. The molecule has 190 valence electrons. The van der Waals surface area contributed by atoms with Crippen molar-refractivity contribution in [1.82, 2.24) is 14.7 Å². The average molecular weight is 524 g/mol. The maximum absolute atomic E-state index is 13.1. The van der Waals surface area contributed by atoms with Crippen molar-refractivity contribution in [3.05, 3.63) is 143 Å². The molecule has 0 saturated carbocycles. The number of amides is 1. The molecule has 1 N–H and O–H groups in total. The van der Waals surface area contributed by atoms with E-state index in [1.165, 1.54) is 23.3 Å². The van der Waals surface area contributed by atoms with Crippen LogP contribution in [0.4, 0.5) is 4.39 Å². The lowest BCUT2D eigenvalue weighted by atomic mass is 9.88. The van der Waals surface area contributed by atoms with E-state index >= 15 is 0 Å². The lowest BCUT2D eigenvalue weighted by Crippen LogP contribution is -2.25. The summed E-state index contributed by atoms with van der Waals surface area (Å²) in [5.74, 6) is 0.851. The Balaban J connectivity index is 1.19. The van der Waals surface area contributed by atoms with Crippen LogP contribution in [0.2, 0.25) is 0 Å². The van der Waals surface area contributed by atoms with Gasteiger partial charge in [-0.2, -0.15) is 9.36 Å². The number of halogens is 1. The van der Waals surface area contributed by atoms with Gasteiger partial charge in [-0.1, -0.05) is 78.9 Å². The summed E-state index contributed by atoms with van der Waals surface area (Å²) in [6.45, 7) is 0.529. The van der Waals surface area contributed by atoms with E-state index in [9.17, 15) is 9.18 Å². The molecule has 7 heteroatoms. The molecule has 0 radical (unpaired) electrons. The second-order valence-corrected chi connectivity index (χ2v) is 9.54. The normalized spacial score (nSPS) is 10.9. The molecule has 5 aromatic rings. The molecule has 38 heavy (non-hydrogen) atoms. The van der Waals surface area contributed by atoms with Crippen LogP contribution in [0, 0.1) is 5.82 Å². The SMILES string of the molecule is O=C(NCCC(c1ccccc1)c1ccccc1)c1cccc(Oc2nc(Cc3ccc(F)cc3)ns2)c1. The first-order chi connectivity index (χ1) is 18.6. The smallest absolute Gasteiger partial charge is 0.298 e. The zero-order chi connectivity index (χ0) is 26.2. The number of hydrogen-bond acceptors (Lipinski definition) is 5. The maximum atomic E-state index is 13.1. The van der Waals surface area contributed by atoms with E-state index in [-0.39, 0.29) is 17.6 Å². The lowest BCUT2D eigenvalue weighted by molar-refractivity contribution is 0.0952. The molecule has 0 aliphatic carbocycles. The molecule has 0 saturated heterocycles. The number of nitrogens with one attached hydrogen (secondary N) is 1. The van der Waals surface area contributed by atoms with Crippen molar-refractivity contribution in [3.8, 4) is 10.9 Å². The fraction of sp³-hybridized carbons (Fsp3) is 0.129. The highest BCUT2D eigenvalue weighted by atomic mass is 32.1. The number of rotatable bonds is 10. The molecule has 0 aliphatic rings. The highest BCUT2D eigenvalue weighted by Gasteiger charge is 2.15. The summed E-state index contributed by atoms with van der Waals surface area (Å²) in [6.07, 6.45) is 1.26. The molecule has 1 heterocycles. The quantitative estimate of drug-likeness (QED) is 0.214. The molecule has 1 aromatic heterocycles. The van der Waals surface area contributed by atoms with E-state index in [2.05, 4.69) is 38.9 Å². The molecule has 0 aliphatic heterocycles. The first-order valence-corrected chi connectivity index (χ1v) is 13.1. The molecule has 5 rings (SSSR count). The molecule has 4 aromatic carbocycles. The third-order valence-corrected chi connectivity index (χ3v) is 6.78. The molecule has 0 fully saturated rings. The van der Waals surface area contributed by atoms with Gasteiger partial charge in [-0.05, 0) is 53.4 Å². The number of carbonyl (C=O) groups excluding carboxylic acids is 1. The number of nitrogens with zero attached hydrogens (tertiary/aromatic N) is 2. The van der Waals surface area contributed by atoms with E-state index in [1.54, 1.807) is 36.4 Å².